The Labute approximate surface area is 82.1 Å². The number of β-amino-alcohol motifs (C(OH)–C–C–N with tert-alkyl or cyclic N) is 1. The van der Waals surface area contributed by atoms with E-state index >= 15 is 0 Å². The highest BCUT2D eigenvalue weighted by Gasteiger charge is 2.23. The van der Waals surface area contributed by atoms with Crippen LogP contribution < -0.4 is 0 Å². The third kappa shape index (κ3) is 2.02. The van der Waals surface area contributed by atoms with Crippen LogP contribution >= 0.6 is 0 Å². The van der Waals surface area contributed by atoms with Crippen LogP contribution in [-0.2, 0) is 0 Å². The van der Waals surface area contributed by atoms with Gasteiger partial charge in [-0.15, -0.1) is 0 Å². The third-order valence-electron chi connectivity index (χ3n) is 2.41. The third-order valence-corrected chi connectivity index (χ3v) is 2.41. The van der Waals surface area contributed by atoms with Crippen LogP contribution in [0.25, 0.3) is 0 Å². The molecule has 0 unspecified atom stereocenters. The first-order valence-corrected chi connectivity index (χ1v) is 4.73. The van der Waals surface area contributed by atoms with E-state index in [1.165, 1.54) is 6.26 Å². The molecule has 1 atom stereocenters. The average Bonchev–Trinajstić information content (AvgIpc) is 2.75. The summed E-state index contributed by atoms with van der Waals surface area (Å²) >= 11 is 0. The molecule has 1 aromatic rings. The van der Waals surface area contributed by atoms with Crippen molar-refractivity contribution in [1.82, 2.24) is 4.90 Å². The fourth-order valence-corrected chi connectivity index (χ4v) is 1.67. The van der Waals surface area contributed by atoms with E-state index in [9.17, 15) is 9.90 Å². The fourth-order valence-electron chi connectivity index (χ4n) is 1.67. The number of hydrogen-bond acceptors (Lipinski definition) is 4. The predicted octanol–water partition coefficient (Wildman–Crippen LogP) is 0.529. The number of Topliss-reactive ketones (excluding diaryl/α,β-unsaturated/α-hetero) is 1. The van der Waals surface area contributed by atoms with Crippen LogP contribution in [0.5, 0.6) is 0 Å². The van der Waals surface area contributed by atoms with Crippen LogP contribution in [-0.4, -0.2) is 41.5 Å². The zero-order chi connectivity index (χ0) is 9.97. The molecule has 0 spiro atoms. The number of nitrogens with zero attached hydrogens (tertiary/aromatic N) is 1. The monoisotopic (exact) mass is 195 g/mol. The predicted molar refractivity (Wildman–Crippen MR) is 50.1 cm³/mol. The van der Waals surface area contributed by atoms with Gasteiger partial charge < -0.3 is 9.52 Å². The second-order valence-corrected chi connectivity index (χ2v) is 3.58. The highest BCUT2D eigenvalue weighted by molar-refractivity contribution is 5.95. The van der Waals surface area contributed by atoms with E-state index in [1.54, 1.807) is 12.1 Å². The van der Waals surface area contributed by atoms with Gasteiger partial charge in [-0.05, 0) is 18.6 Å². The maximum Gasteiger partial charge on any atom is 0.211 e. The minimum absolute atomic E-state index is 0.0240. The summed E-state index contributed by atoms with van der Waals surface area (Å²) in [6.07, 6.45) is 1.97. The van der Waals surface area contributed by atoms with Crippen LogP contribution in [0, 0.1) is 0 Å². The molecule has 14 heavy (non-hydrogen) atoms. The van der Waals surface area contributed by atoms with Gasteiger partial charge in [-0.3, -0.25) is 9.69 Å². The number of furan rings is 1. The lowest BCUT2D eigenvalue weighted by Gasteiger charge is -2.12. The minimum atomic E-state index is -0.278. The zero-order valence-corrected chi connectivity index (χ0v) is 7.85. The summed E-state index contributed by atoms with van der Waals surface area (Å²) in [7, 11) is 0. The van der Waals surface area contributed by atoms with Gasteiger partial charge in [0.1, 0.15) is 0 Å². The Balaban J connectivity index is 1.89. The summed E-state index contributed by atoms with van der Waals surface area (Å²) < 4.78 is 4.99. The van der Waals surface area contributed by atoms with E-state index in [2.05, 4.69) is 0 Å². The molecule has 0 aromatic carbocycles. The van der Waals surface area contributed by atoms with E-state index in [-0.39, 0.29) is 11.9 Å². The van der Waals surface area contributed by atoms with E-state index in [0.717, 1.165) is 13.0 Å². The number of likely N-dealkylation sites (tertiary alicyclic amines) is 1. The lowest BCUT2D eigenvalue weighted by Crippen LogP contribution is -2.28. The average molecular weight is 195 g/mol. The van der Waals surface area contributed by atoms with Gasteiger partial charge in [0.15, 0.2) is 5.76 Å². The summed E-state index contributed by atoms with van der Waals surface area (Å²) in [5.74, 6) is 0.371. The molecule has 0 bridgehead atoms. The number of aliphatic hydroxyl groups is 1. The molecule has 1 aromatic heterocycles. The quantitative estimate of drug-likeness (QED) is 0.715. The van der Waals surface area contributed by atoms with Crippen molar-refractivity contribution in [3.63, 3.8) is 0 Å². The van der Waals surface area contributed by atoms with Crippen molar-refractivity contribution in [2.24, 2.45) is 0 Å². The summed E-state index contributed by atoms with van der Waals surface area (Å²) in [5, 5.41) is 9.27. The maximum absolute atomic E-state index is 11.6. The Kier molecular flexibility index (Phi) is 2.65. The van der Waals surface area contributed by atoms with Crippen molar-refractivity contribution in [3.8, 4) is 0 Å². The van der Waals surface area contributed by atoms with Crippen molar-refractivity contribution >= 4 is 5.78 Å². The van der Waals surface area contributed by atoms with Crippen molar-refractivity contribution in [1.29, 1.82) is 0 Å². The summed E-state index contributed by atoms with van der Waals surface area (Å²) in [6, 6.07) is 3.36. The van der Waals surface area contributed by atoms with Crippen molar-refractivity contribution < 1.29 is 14.3 Å². The van der Waals surface area contributed by atoms with Crippen molar-refractivity contribution in [2.45, 2.75) is 12.5 Å². The topological polar surface area (TPSA) is 53.7 Å². The molecule has 2 heterocycles. The van der Waals surface area contributed by atoms with Gasteiger partial charge in [0.25, 0.3) is 0 Å². The van der Waals surface area contributed by atoms with Gasteiger partial charge in [-0.2, -0.15) is 0 Å². The smallest absolute Gasteiger partial charge is 0.211 e. The SMILES string of the molecule is O=C(CN1CC[C@H](O)C1)c1ccco1. The number of carbonyl (C=O) groups excluding carboxylic acids is 1. The van der Waals surface area contributed by atoms with Crippen LogP contribution in [0.3, 0.4) is 0 Å². The number of carbonyl (C=O) groups is 1. The van der Waals surface area contributed by atoms with Crippen LogP contribution in [0.15, 0.2) is 22.8 Å². The molecule has 1 aliphatic heterocycles. The van der Waals surface area contributed by atoms with E-state index < -0.39 is 0 Å². The Bertz CT molecular complexity index is 307. The molecular weight excluding hydrogens is 182 g/mol. The Morgan fingerprint density at radius 2 is 2.57 bits per heavy atom. The van der Waals surface area contributed by atoms with Gasteiger partial charge in [-0.25, -0.2) is 0 Å². The Morgan fingerprint density at radius 1 is 1.71 bits per heavy atom. The highest BCUT2D eigenvalue weighted by Crippen LogP contribution is 2.10. The largest absolute Gasteiger partial charge is 0.461 e. The van der Waals surface area contributed by atoms with Crippen LogP contribution in [0.4, 0.5) is 0 Å². The normalized spacial score (nSPS) is 22.8. The van der Waals surface area contributed by atoms with Crippen LogP contribution in [0.2, 0.25) is 0 Å². The zero-order valence-electron chi connectivity index (χ0n) is 7.85. The van der Waals surface area contributed by atoms with E-state index in [0.29, 0.717) is 18.8 Å². The van der Waals surface area contributed by atoms with Crippen molar-refractivity contribution in [2.75, 3.05) is 19.6 Å². The number of rotatable bonds is 3. The summed E-state index contributed by atoms with van der Waals surface area (Å²) in [4.78, 5) is 13.5. The minimum Gasteiger partial charge on any atom is -0.461 e. The van der Waals surface area contributed by atoms with Gasteiger partial charge in [0.05, 0.1) is 18.9 Å². The summed E-state index contributed by atoms with van der Waals surface area (Å²) in [5.41, 5.74) is 0. The van der Waals surface area contributed by atoms with Gasteiger partial charge in [0.2, 0.25) is 5.78 Å². The molecule has 1 fully saturated rings. The first kappa shape index (κ1) is 9.43. The molecular formula is C10H13NO3. The molecule has 4 heteroatoms. The first-order chi connectivity index (χ1) is 6.75. The summed E-state index contributed by atoms with van der Waals surface area (Å²) in [6.45, 7) is 1.71. The number of aliphatic hydroxyl groups excluding tert-OH is 1. The molecule has 0 aliphatic carbocycles. The molecule has 2 rings (SSSR count). The lowest BCUT2D eigenvalue weighted by molar-refractivity contribution is 0.0907. The second kappa shape index (κ2) is 3.94. The molecule has 0 amide bonds. The highest BCUT2D eigenvalue weighted by atomic mass is 16.3. The number of ketones is 1. The van der Waals surface area contributed by atoms with Crippen LogP contribution in [0.1, 0.15) is 17.0 Å². The molecule has 1 N–H and O–H groups in total. The Morgan fingerprint density at radius 3 is 3.14 bits per heavy atom. The molecule has 1 aliphatic rings. The molecule has 0 radical (unpaired) electrons. The molecule has 1 saturated heterocycles. The van der Waals surface area contributed by atoms with Gasteiger partial charge in [-0.1, -0.05) is 0 Å². The number of hydrogen-bond donors (Lipinski definition) is 1. The first-order valence-electron chi connectivity index (χ1n) is 4.73. The molecule has 76 valence electrons. The lowest BCUT2D eigenvalue weighted by atomic mass is 10.3. The molecule has 0 saturated carbocycles. The standard InChI is InChI=1S/C10H13NO3/c12-8-3-4-11(6-8)7-9(13)10-2-1-5-14-10/h1-2,5,8,12H,3-4,6-7H2/t8-/m0/s1. The Hall–Kier alpha value is -1.13. The van der Waals surface area contributed by atoms with E-state index in [4.69, 9.17) is 4.42 Å². The van der Waals surface area contributed by atoms with E-state index in [1.807, 2.05) is 4.90 Å². The van der Waals surface area contributed by atoms with Crippen molar-refractivity contribution in [3.05, 3.63) is 24.2 Å². The van der Waals surface area contributed by atoms with Gasteiger partial charge in [0, 0.05) is 13.1 Å². The van der Waals surface area contributed by atoms with Gasteiger partial charge >= 0.3 is 0 Å². The second-order valence-electron chi connectivity index (χ2n) is 3.58. The maximum atomic E-state index is 11.6. The fraction of sp³-hybridized carbons (Fsp3) is 0.500. The molecule has 4 nitrogen and oxygen atoms in total.